The third-order valence-corrected chi connectivity index (χ3v) is 3.68. The highest BCUT2D eigenvalue weighted by molar-refractivity contribution is 7.09. The average Bonchev–Trinajstić information content (AvgIpc) is 2.75. The maximum atomic E-state index is 10.7. The van der Waals surface area contributed by atoms with Crippen LogP contribution in [0.3, 0.4) is 0 Å². The van der Waals surface area contributed by atoms with E-state index in [9.17, 15) is 4.79 Å². The zero-order chi connectivity index (χ0) is 13.8. The topological polar surface area (TPSA) is 66.3 Å². The number of carboxylic acid groups (broad SMARTS) is 1. The predicted molar refractivity (Wildman–Crippen MR) is 73.2 cm³/mol. The molecule has 0 fully saturated rings. The highest BCUT2D eigenvalue weighted by Crippen LogP contribution is 2.15. The number of aromatic carboxylic acids is 1. The van der Waals surface area contributed by atoms with Crippen LogP contribution < -0.4 is 0 Å². The maximum absolute atomic E-state index is 10.7. The highest BCUT2D eigenvalue weighted by Gasteiger charge is 2.08. The van der Waals surface area contributed by atoms with Gasteiger partial charge < -0.3 is 5.11 Å². The minimum atomic E-state index is -0.951. The summed E-state index contributed by atoms with van der Waals surface area (Å²) in [4.78, 5) is 22.5. The van der Waals surface area contributed by atoms with Gasteiger partial charge in [-0.15, -0.1) is 11.3 Å². The second kappa shape index (κ2) is 5.90. The summed E-state index contributed by atoms with van der Waals surface area (Å²) in [6, 6.07) is 3.33. The minimum Gasteiger partial charge on any atom is -0.478 e. The van der Waals surface area contributed by atoms with Crippen LogP contribution >= 0.6 is 11.3 Å². The SMILES string of the molecule is Cc1ncsc1CN(C)Cc1ccc(C(=O)O)cn1. The molecule has 0 aromatic carbocycles. The average molecular weight is 277 g/mol. The van der Waals surface area contributed by atoms with E-state index in [1.807, 2.05) is 19.5 Å². The summed E-state index contributed by atoms with van der Waals surface area (Å²) in [6.45, 7) is 3.50. The van der Waals surface area contributed by atoms with Crippen molar-refractivity contribution in [1.29, 1.82) is 0 Å². The molecule has 0 spiro atoms. The van der Waals surface area contributed by atoms with Crippen LogP contribution in [0.4, 0.5) is 0 Å². The van der Waals surface area contributed by atoms with Gasteiger partial charge in [0.1, 0.15) is 0 Å². The Hall–Kier alpha value is -1.79. The first kappa shape index (κ1) is 13.6. The van der Waals surface area contributed by atoms with E-state index in [2.05, 4.69) is 14.9 Å². The molecule has 0 amide bonds. The van der Waals surface area contributed by atoms with Gasteiger partial charge in [0.05, 0.1) is 22.5 Å². The third kappa shape index (κ3) is 3.59. The van der Waals surface area contributed by atoms with Gasteiger partial charge in [-0.2, -0.15) is 0 Å². The van der Waals surface area contributed by atoms with Crippen molar-refractivity contribution in [2.75, 3.05) is 7.05 Å². The molecule has 0 aliphatic heterocycles. The molecule has 0 aliphatic carbocycles. The van der Waals surface area contributed by atoms with Crippen molar-refractivity contribution in [2.45, 2.75) is 20.0 Å². The molecule has 2 aromatic heterocycles. The lowest BCUT2D eigenvalue weighted by Crippen LogP contribution is -2.18. The van der Waals surface area contributed by atoms with E-state index in [1.54, 1.807) is 23.5 Å². The summed E-state index contributed by atoms with van der Waals surface area (Å²) < 4.78 is 0. The fraction of sp³-hybridized carbons (Fsp3) is 0.308. The lowest BCUT2D eigenvalue weighted by atomic mass is 10.2. The van der Waals surface area contributed by atoms with Gasteiger partial charge in [-0.1, -0.05) is 0 Å². The normalized spacial score (nSPS) is 10.9. The van der Waals surface area contributed by atoms with Gasteiger partial charge in [-0.05, 0) is 26.1 Å². The summed E-state index contributed by atoms with van der Waals surface area (Å²) in [5.41, 5.74) is 3.98. The quantitative estimate of drug-likeness (QED) is 0.907. The number of aryl methyl sites for hydroxylation is 1. The van der Waals surface area contributed by atoms with Crippen molar-refractivity contribution in [2.24, 2.45) is 0 Å². The number of rotatable bonds is 5. The first-order valence-corrected chi connectivity index (χ1v) is 6.70. The minimum absolute atomic E-state index is 0.213. The standard InChI is InChI=1S/C13H15N3O2S/c1-9-12(19-8-15-9)7-16(2)6-11-4-3-10(5-14-11)13(17)18/h3-5,8H,6-7H2,1-2H3,(H,17,18). The van der Waals surface area contributed by atoms with Crippen LogP contribution in [0.15, 0.2) is 23.8 Å². The van der Waals surface area contributed by atoms with E-state index in [0.717, 1.165) is 17.9 Å². The van der Waals surface area contributed by atoms with Crippen molar-refractivity contribution < 1.29 is 9.90 Å². The molecule has 2 rings (SSSR count). The van der Waals surface area contributed by atoms with Gasteiger partial charge in [0.2, 0.25) is 0 Å². The Morgan fingerprint density at radius 3 is 2.68 bits per heavy atom. The first-order chi connectivity index (χ1) is 9.06. The Balaban J connectivity index is 1.97. The highest BCUT2D eigenvalue weighted by atomic mass is 32.1. The lowest BCUT2D eigenvalue weighted by Gasteiger charge is -2.15. The number of pyridine rings is 1. The molecule has 19 heavy (non-hydrogen) atoms. The second-order valence-corrected chi connectivity index (χ2v) is 5.32. The molecule has 0 saturated carbocycles. The van der Waals surface area contributed by atoms with Gasteiger partial charge in [0.15, 0.2) is 0 Å². The number of nitrogens with zero attached hydrogens (tertiary/aromatic N) is 3. The summed E-state index contributed by atoms with van der Waals surface area (Å²) in [5.74, 6) is -0.951. The Labute approximate surface area is 115 Å². The van der Waals surface area contributed by atoms with Gasteiger partial charge in [-0.3, -0.25) is 9.88 Å². The van der Waals surface area contributed by atoms with E-state index in [0.29, 0.717) is 6.54 Å². The summed E-state index contributed by atoms with van der Waals surface area (Å²) in [6.07, 6.45) is 1.39. The van der Waals surface area contributed by atoms with Crippen molar-refractivity contribution in [3.63, 3.8) is 0 Å². The molecule has 0 unspecified atom stereocenters. The number of hydrogen-bond donors (Lipinski definition) is 1. The molecule has 0 saturated heterocycles. The van der Waals surface area contributed by atoms with Crippen LogP contribution in [0, 0.1) is 6.92 Å². The fourth-order valence-electron chi connectivity index (χ4n) is 1.70. The molecule has 6 heteroatoms. The number of aromatic nitrogens is 2. The zero-order valence-electron chi connectivity index (χ0n) is 10.8. The monoisotopic (exact) mass is 277 g/mol. The van der Waals surface area contributed by atoms with Crippen molar-refractivity contribution in [1.82, 2.24) is 14.9 Å². The Bertz CT molecular complexity index is 566. The molecule has 2 heterocycles. The molecule has 100 valence electrons. The maximum Gasteiger partial charge on any atom is 0.337 e. The smallest absolute Gasteiger partial charge is 0.337 e. The number of thiazole rings is 1. The molecule has 0 radical (unpaired) electrons. The Morgan fingerprint density at radius 2 is 2.16 bits per heavy atom. The molecule has 0 aliphatic rings. The molecular weight excluding hydrogens is 262 g/mol. The van der Waals surface area contributed by atoms with Crippen LogP contribution in [-0.4, -0.2) is 33.0 Å². The van der Waals surface area contributed by atoms with Crippen molar-refractivity contribution in [3.8, 4) is 0 Å². The fourth-order valence-corrected chi connectivity index (χ4v) is 2.56. The van der Waals surface area contributed by atoms with Gasteiger partial charge in [0.25, 0.3) is 0 Å². The van der Waals surface area contributed by atoms with Crippen LogP contribution in [0.1, 0.15) is 26.6 Å². The van der Waals surface area contributed by atoms with Gasteiger partial charge >= 0.3 is 5.97 Å². The summed E-state index contributed by atoms with van der Waals surface area (Å²) in [7, 11) is 2.01. The van der Waals surface area contributed by atoms with Gasteiger partial charge in [0, 0.05) is 24.2 Å². The zero-order valence-corrected chi connectivity index (χ0v) is 11.6. The summed E-state index contributed by atoms with van der Waals surface area (Å²) in [5, 5.41) is 8.80. The third-order valence-electron chi connectivity index (χ3n) is 2.76. The summed E-state index contributed by atoms with van der Waals surface area (Å²) >= 11 is 1.64. The molecular formula is C13H15N3O2S. The Morgan fingerprint density at radius 1 is 1.37 bits per heavy atom. The number of carbonyl (C=O) groups is 1. The molecule has 5 nitrogen and oxygen atoms in total. The molecule has 1 N–H and O–H groups in total. The van der Waals surface area contributed by atoms with Crippen molar-refractivity contribution in [3.05, 3.63) is 45.7 Å². The number of hydrogen-bond acceptors (Lipinski definition) is 5. The van der Waals surface area contributed by atoms with E-state index >= 15 is 0 Å². The van der Waals surface area contributed by atoms with Crippen LogP contribution in [0.5, 0.6) is 0 Å². The molecule has 0 bridgehead atoms. The number of carboxylic acids is 1. The second-order valence-electron chi connectivity index (χ2n) is 4.38. The van der Waals surface area contributed by atoms with Crippen molar-refractivity contribution >= 4 is 17.3 Å². The van der Waals surface area contributed by atoms with E-state index in [-0.39, 0.29) is 5.56 Å². The lowest BCUT2D eigenvalue weighted by molar-refractivity contribution is 0.0696. The molecule has 2 aromatic rings. The predicted octanol–water partition coefficient (Wildman–Crippen LogP) is 2.18. The van der Waals surface area contributed by atoms with Gasteiger partial charge in [-0.25, -0.2) is 9.78 Å². The first-order valence-electron chi connectivity index (χ1n) is 5.82. The molecule has 0 atom stereocenters. The van der Waals surface area contributed by atoms with E-state index < -0.39 is 5.97 Å². The van der Waals surface area contributed by atoms with Crippen LogP contribution in [0.2, 0.25) is 0 Å². The van der Waals surface area contributed by atoms with Crippen LogP contribution in [0.25, 0.3) is 0 Å². The van der Waals surface area contributed by atoms with E-state index in [1.165, 1.54) is 11.1 Å². The van der Waals surface area contributed by atoms with E-state index in [4.69, 9.17) is 5.11 Å². The van der Waals surface area contributed by atoms with Crippen LogP contribution in [-0.2, 0) is 13.1 Å². The largest absolute Gasteiger partial charge is 0.478 e. The Kier molecular flexibility index (Phi) is 4.24.